The van der Waals surface area contributed by atoms with Crippen LogP contribution in [0.25, 0.3) is 0 Å². The van der Waals surface area contributed by atoms with E-state index in [1.54, 1.807) is 20.8 Å². The molecule has 0 bridgehead atoms. The molecule has 8 nitrogen and oxygen atoms in total. The topological polar surface area (TPSA) is 111 Å². The second kappa shape index (κ2) is 9.30. The minimum absolute atomic E-state index is 0.0256. The van der Waals surface area contributed by atoms with Gasteiger partial charge >= 0.3 is 11.3 Å². The quantitative estimate of drug-likeness (QED) is 0.648. The number of carbonyl (C=O) groups excluding carboxylic acids is 1. The molecule has 1 heterocycles. The number of alkyl carbamates (subject to hydrolysis) is 1. The molecule has 0 aliphatic rings. The zero-order chi connectivity index (χ0) is 22.7. The summed E-state index contributed by atoms with van der Waals surface area (Å²) in [6, 6.07) is 3.11. The number of sulfone groups is 1. The van der Waals surface area contributed by atoms with E-state index in [4.69, 9.17) is 20.8 Å². The van der Waals surface area contributed by atoms with Gasteiger partial charge in [0, 0.05) is 10.6 Å². The second-order valence-electron chi connectivity index (χ2n) is 7.87. The molecule has 0 unspecified atom stereocenters. The van der Waals surface area contributed by atoms with E-state index in [9.17, 15) is 17.6 Å². The molecule has 0 aliphatic carbocycles. The third kappa shape index (κ3) is 6.15. The van der Waals surface area contributed by atoms with E-state index in [2.05, 4.69) is 15.5 Å². The molecular formula is C19H25ClFN3O5S. The summed E-state index contributed by atoms with van der Waals surface area (Å²) in [6.07, 6.45) is -0.0657. The minimum Gasteiger partial charge on any atom is -0.444 e. The Morgan fingerprint density at radius 2 is 2.00 bits per heavy atom. The normalized spacial score (nSPS) is 14.2. The van der Waals surface area contributed by atoms with Gasteiger partial charge in [-0.2, -0.15) is 0 Å². The Kier molecular flexibility index (Phi) is 7.46. The van der Waals surface area contributed by atoms with Crippen molar-refractivity contribution in [2.45, 2.75) is 63.7 Å². The summed E-state index contributed by atoms with van der Waals surface area (Å²) in [5.74, 6) is -1.74. The van der Waals surface area contributed by atoms with Gasteiger partial charge in [-0.25, -0.2) is 17.6 Å². The average Bonchev–Trinajstić information content (AvgIpc) is 3.11. The molecule has 0 saturated carbocycles. The van der Waals surface area contributed by atoms with Crippen molar-refractivity contribution in [2.75, 3.05) is 0 Å². The maximum absolute atomic E-state index is 14.0. The molecule has 1 aromatic heterocycles. The smallest absolute Gasteiger partial charge is 0.408 e. The van der Waals surface area contributed by atoms with E-state index in [1.807, 2.05) is 13.8 Å². The Morgan fingerprint density at radius 3 is 2.57 bits per heavy atom. The number of nitrogens with zero attached hydrogens (tertiary/aromatic N) is 2. The van der Waals surface area contributed by atoms with Crippen LogP contribution in [-0.4, -0.2) is 30.3 Å². The monoisotopic (exact) mass is 461 g/mol. The molecular weight excluding hydrogens is 437 g/mol. The summed E-state index contributed by atoms with van der Waals surface area (Å²) < 4.78 is 49.9. The molecule has 0 spiro atoms. The molecule has 11 heteroatoms. The highest BCUT2D eigenvalue weighted by molar-refractivity contribution is 7.90. The minimum atomic E-state index is -4.17. The molecule has 0 saturated heterocycles. The van der Waals surface area contributed by atoms with Gasteiger partial charge in [-0.15, -0.1) is 5.10 Å². The van der Waals surface area contributed by atoms with E-state index < -0.39 is 44.4 Å². The lowest BCUT2D eigenvalue weighted by Gasteiger charge is -2.24. The lowest BCUT2D eigenvalue weighted by Crippen LogP contribution is -2.37. The summed E-state index contributed by atoms with van der Waals surface area (Å²) in [5.41, 5.74) is -0.906. The average molecular weight is 462 g/mol. The highest BCUT2D eigenvalue weighted by Crippen LogP contribution is 2.28. The van der Waals surface area contributed by atoms with Gasteiger partial charge < -0.3 is 14.5 Å². The van der Waals surface area contributed by atoms with Crippen LogP contribution >= 0.6 is 11.6 Å². The Bertz CT molecular complexity index is 984. The third-order valence-electron chi connectivity index (χ3n) is 4.24. The summed E-state index contributed by atoms with van der Waals surface area (Å²) >= 11 is 5.92. The van der Waals surface area contributed by atoms with Gasteiger partial charge in [0.1, 0.15) is 17.5 Å². The second-order valence-corrected chi connectivity index (χ2v) is 10.1. The Morgan fingerprint density at radius 1 is 1.33 bits per heavy atom. The molecule has 0 fully saturated rings. The first-order chi connectivity index (χ1) is 13.8. The van der Waals surface area contributed by atoms with Crippen molar-refractivity contribution in [2.24, 2.45) is 5.92 Å². The number of aromatic nitrogens is 2. The summed E-state index contributed by atoms with van der Waals surface area (Å²) in [4.78, 5) is 12.2. The number of hydrogen-bond donors (Lipinski definition) is 1. The first-order valence-corrected chi connectivity index (χ1v) is 11.4. The Hall–Kier alpha value is -2.20. The first-order valence-electron chi connectivity index (χ1n) is 9.32. The van der Waals surface area contributed by atoms with Crippen molar-refractivity contribution in [3.05, 3.63) is 40.5 Å². The summed E-state index contributed by atoms with van der Waals surface area (Å²) in [5, 5.41) is 9.33. The first kappa shape index (κ1) is 24.1. The zero-order valence-electron chi connectivity index (χ0n) is 17.4. The van der Waals surface area contributed by atoms with Crippen LogP contribution in [0.2, 0.25) is 5.02 Å². The van der Waals surface area contributed by atoms with E-state index in [1.165, 1.54) is 12.1 Å². The van der Waals surface area contributed by atoms with E-state index in [0.29, 0.717) is 6.42 Å². The maximum Gasteiger partial charge on any atom is 0.408 e. The van der Waals surface area contributed by atoms with E-state index in [-0.39, 0.29) is 22.4 Å². The SMILES string of the molecule is CC[C@H](C)[C@H](NC(=O)OC(C)(C)C)c1nnc(S(=O)(=O)Cc2c(F)cccc2Cl)o1. The van der Waals surface area contributed by atoms with Gasteiger partial charge in [0.2, 0.25) is 15.7 Å². The van der Waals surface area contributed by atoms with Gasteiger partial charge in [-0.1, -0.05) is 43.0 Å². The van der Waals surface area contributed by atoms with E-state index >= 15 is 0 Å². The number of amides is 1. The van der Waals surface area contributed by atoms with Crippen molar-refractivity contribution in [3.63, 3.8) is 0 Å². The molecule has 1 amide bonds. The van der Waals surface area contributed by atoms with Crippen molar-refractivity contribution in [1.82, 2.24) is 15.5 Å². The number of benzene rings is 1. The van der Waals surface area contributed by atoms with Crippen LogP contribution in [0.1, 0.15) is 58.5 Å². The van der Waals surface area contributed by atoms with Crippen molar-refractivity contribution in [1.29, 1.82) is 0 Å². The lowest BCUT2D eigenvalue weighted by atomic mass is 9.99. The van der Waals surface area contributed by atoms with Crippen LogP contribution in [0.4, 0.5) is 9.18 Å². The predicted octanol–water partition coefficient (Wildman–Crippen LogP) is 4.45. The number of carbonyl (C=O) groups is 1. The molecule has 2 aromatic rings. The summed E-state index contributed by atoms with van der Waals surface area (Å²) in [6.45, 7) is 8.88. The standard InChI is InChI=1S/C19H25ClFN3O5S/c1-6-11(2)15(22-17(25)29-19(3,4)5)16-23-24-18(28-16)30(26,27)10-12-13(20)8-7-9-14(12)21/h7-9,11,15H,6,10H2,1-5H3,(H,22,25)/t11-,15-/m0/s1. The summed E-state index contributed by atoms with van der Waals surface area (Å²) in [7, 11) is -4.17. The molecule has 2 rings (SSSR count). The predicted molar refractivity (Wildman–Crippen MR) is 108 cm³/mol. The molecule has 166 valence electrons. The van der Waals surface area contributed by atoms with Gasteiger partial charge in [0.25, 0.3) is 0 Å². The number of ether oxygens (including phenoxy) is 1. The molecule has 1 aromatic carbocycles. The molecule has 1 N–H and O–H groups in total. The van der Waals surface area contributed by atoms with Gasteiger partial charge in [-0.3, -0.25) is 0 Å². The van der Waals surface area contributed by atoms with Crippen molar-refractivity contribution < 1.29 is 26.8 Å². The largest absolute Gasteiger partial charge is 0.444 e. The number of nitrogens with one attached hydrogen (secondary N) is 1. The van der Waals surface area contributed by atoms with Crippen LogP contribution in [0.3, 0.4) is 0 Å². The zero-order valence-corrected chi connectivity index (χ0v) is 19.0. The lowest BCUT2D eigenvalue weighted by molar-refractivity contribution is 0.0473. The molecule has 30 heavy (non-hydrogen) atoms. The van der Waals surface area contributed by atoms with Crippen LogP contribution in [-0.2, 0) is 20.3 Å². The number of halogens is 2. The fraction of sp³-hybridized carbons (Fsp3) is 0.526. The van der Waals surface area contributed by atoms with Crippen LogP contribution in [0.5, 0.6) is 0 Å². The van der Waals surface area contributed by atoms with Crippen LogP contribution in [0.15, 0.2) is 27.8 Å². The van der Waals surface area contributed by atoms with Crippen molar-refractivity contribution in [3.8, 4) is 0 Å². The highest BCUT2D eigenvalue weighted by Gasteiger charge is 2.31. The van der Waals surface area contributed by atoms with Gasteiger partial charge in [0.05, 0.1) is 5.75 Å². The van der Waals surface area contributed by atoms with Gasteiger partial charge in [-0.05, 0) is 38.8 Å². The number of rotatable bonds is 7. The van der Waals surface area contributed by atoms with Crippen LogP contribution in [0, 0.1) is 11.7 Å². The number of hydrogen-bond acceptors (Lipinski definition) is 7. The molecule has 0 radical (unpaired) electrons. The Labute approximate surface area is 180 Å². The highest BCUT2D eigenvalue weighted by atomic mass is 35.5. The maximum atomic E-state index is 14.0. The van der Waals surface area contributed by atoms with Crippen LogP contribution < -0.4 is 5.32 Å². The van der Waals surface area contributed by atoms with E-state index in [0.717, 1.165) is 6.07 Å². The van der Waals surface area contributed by atoms with Crippen molar-refractivity contribution >= 4 is 27.5 Å². The fourth-order valence-electron chi connectivity index (χ4n) is 2.51. The fourth-order valence-corrected chi connectivity index (χ4v) is 3.99. The molecule has 0 aliphatic heterocycles. The molecule has 2 atom stereocenters. The third-order valence-corrected chi connectivity index (χ3v) is 5.96. The Balaban J connectivity index is 2.29. The van der Waals surface area contributed by atoms with Gasteiger partial charge in [0.15, 0.2) is 0 Å².